The number of carbonyl (C=O) groups excluding carboxylic acids is 1. The van der Waals surface area contributed by atoms with Gasteiger partial charge in [-0.3, -0.25) is 0 Å². The normalized spacial score (nSPS) is 11.2. The molecule has 106 valence electrons. The molecule has 0 aliphatic carbocycles. The maximum Gasteiger partial charge on any atom is 0.326 e. The molecular weight excluding hydrogens is 265 g/mol. The molecule has 6 nitrogen and oxygen atoms in total. The molecule has 20 heavy (non-hydrogen) atoms. The summed E-state index contributed by atoms with van der Waals surface area (Å²) in [5.74, 6) is -1.91. The standard InChI is InChI=1S/C13H14FN3O3/c1-2-3-11(12(18)19)17-13(20)16-10-5-4-8(7-15)6-9(10)14/h4-6,11H,2-3H2,1H3,(H,18,19)(H2,16,17,20)/t11-/m0/s1. The maximum absolute atomic E-state index is 13.5. The summed E-state index contributed by atoms with van der Waals surface area (Å²) in [5, 5.41) is 21.9. The Morgan fingerprint density at radius 3 is 2.70 bits per heavy atom. The average molecular weight is 279 g/mol. The number of amides is 2. The van der Waals surface area contributed by atoms with Gasteiger partial charge in [0.25, 0.3) is 0 Å². The third kappa shape index (κ3) is 4.24. The van der Waals surface area contributed by atoms with E-state index in [2.05, 4.69) is 10.6 Å². The van der Waals surface area contributed by atoms with Crippen molar-refractivity contribution in [3.63, 3.8) is 0 Å². The first kappa shape index (κ1) is 15.4. The number of nitrogens with zero attached hydrogens (tertiary/aromatic N) is 1. The molecule has 1 aromatic rings. The summed E-state index contributed by atoms with van der Waals surface area (Å²) in [6.07, 6.45) is 0.862. The molecule has 0 saturated carbocycles. The van der Waals surface area contributed by atoms with Crippen molar-refractivity contribution in [1.82, 2.24) is 5.32 Å². The van der Waals surface area contributed by atoms with Crippen LogP contribution in [-0.4, -0.2) is 23.1 Å². The highest BCUT2D eigenvalue weighted by molar-refractivity contribution is 5.92. The van der Waals surface area contributed by atoms with Crippen LogP contribution in [0.4, 0.5) is 14.9 Å². The molecule has 0 aliphatic heterocycles. The van der Waals surface area contributed by atoms with Crippen molar-refractivity contribution in [2.75, 3.05) is 5.32 Å². The van der Waals surface area contributed by atoms with E-state index < -0.39 is 23.9 Å². The number of aliphatic carboxylic acids is 1. The molecule has 0 fully saturated rings. The number of rotatable bonds is 5. The minimum Gasteiger partial charge on any atom is -0.480 e. The third-order valence-corrected chi connectivity index (χ3v) is 2.53. The second-order valence-electron chi connectivity index (χ2n) is 4.08. The van der Waals surface area contributed by atoms with Crippen LogP contribution >= 0.6 is 0 Å². The fourth-order valence-corrected chi connectivity index (χ4v) is 1.55. The predicted molar refractivity (Wildman–Crippen MR) is 69.6 cm³/mol. The molecule has 0 bridgehead atoms. The first-order chi connectivity index (χ1) is 9.47. The highest BCUT2D eigenvalue weighted by Crippen LogP contribution is 2.15. The van der Waals surface area contributed by atoms with E-state index >= 15 is 0 Å². The van der Waals surface area contributed by atoms with Crippen LogP contribution in [-0.2, 0) is 4.79 Å². The number of hydrogen-bond acceptors (Lipinski definition) is 3. The molecule has 0 aliphatic rings. The number of benzene rings is 1. The molecule has 0 unspecified atom stereocenters. The molecule has 0 radical (unpaired) electrons. The van der Waals surface area contributed by atoms with E-state index in [1.165, 1.54) is 12.1 Å². The van der Waals surface area contributed by atoms with Crippen molar-refractivity contribution >= 4 is 17.7 Å². The van der Waals surface area contributed by atoms with Crippen LogP contribution in [0.1, 0.15) is 25.3 Å². The van der Waals surface area contributed by atoms with Crippen molar-refractivity contribution in [3.05, 3.63) is 29.6 Å². The van der Waals surface area contributed by atoms with Gasteiger partial charge in [-0.15, -0.1) is 0 Å². The Hall–Kier alpha value is -2.62. The summed E-state index contributed by atoms with van der Waals surface area (Å²) in [5.41, 5.74) is 0.00462. The number of urea groups is 1. The summed E-state index contributed by atoms with van der Waals surface area (Å²) >= 11 is 0. The highest BCUT2D eigenvalue weighted by Gasteiger charge is 2.19. The maximum atomic E-state index is 13.5. The molecule has 1 aromatic carbocycles. The van der Waals surface area contributed by atoms with E-state index in [4.69, 9.17) is 10.4 Å². The summed E-state index contributed by atoms with van der Waals surface area (Å²) in [7, 11) is 0. The number of nitriles is 1. The third-order valence-electron chi connectivity index (χ3n) is 2.53. The Morgan fingerprint density at radius 1 is 1.50 bits per heavy atom. The number of halogens is 1. The van der Waals surface area contributed by atoms with Crippen LogP contribution in [0.5, 0.6) is 0 Å². The van der Waals surface area contributed by atoms with Crippen molar-refractivity contribution in [1.29, 1.82) is 5.26 Å². The van der Waals surface area contributed by atoms with Crippen molar-refractivity contribution in [2.24, 2.45) is 0 Å². The van der Waals surface area contributed by atoms with E-state index in [0.717, 1.165) is 6.07 Å². The molecule has 0 heterocycles. The Bertz CT molecular complexity index is 554. The highest BCUT2D eigenvalue weighted by atomic mass is 19.1. The minimum atomic E-state index is -1.15. The molecule has 3 N–H and O–H groups in total. The Kier molecular flexibility index (Phi) is 5.47. The van der Waals surface area contributed by atoms with Gasteiger partial charge in [0.15, 0.2) is 0 Å². The van der Waals surface area contributed by atoms with Crippen molar-refractivity contribution in [2.45, 2.75) is 25.8 Å². The molecule has 1 atom stereocenters. The van der Waals surface area contributed by atoms with Crippen molar-refractivity contribution < 1.29 is 19.1 Å². The lowest BCUT2D eigenvalue weighted by Gasteiger charge is -2.14. The predicted octanol–water partition coefficient (Wildman–Crippen LogP) is 2.07. The van der Waals surface area contributed by atoms with Crippen LogP contribution < -0.4 is 10.6 Å². The van der Waals surface area contributed by atoms with E-state index in [1.54, 1.807) is 13.0 Å². The van der Waals surface area contributed by atoms with E-state index in [1.807, 2.05) is 0 Å². The lowest BCUT2D eigenvalue weighted by Crippen LogP contribution is -2.43. The molecule has 1 rings (SSSR count). The van der Waals surface area contributed by atoms with Crippen LogP contribution in [0.2, 0.25) is 0 Å². The first-order valence-corrected chi connectivity index (χ1v) is 5.98. The first-order valence-electron chi connectivity index (χ1n) is 5.98. The van der Waals surface area contributed by atoms with E-state index in [-0.39, 0.29) is 17.7 Å². The zero-order valence-corrected chi connectivity index (χ0v) is 10.8. The summed E-state index contributed by atoms with van der Waals surface area (Å²) in [4.78, 5) is 22.5. The van der Waals surface area contributed by atoms with Gasteiger partial charge in [0.1, 0.15) is 11.9 Å². The topological polar surface area (TPSA) is 102 Å². The van der Waals surface area contributed by atoms with Crippen molar-refractivity contribution in [3.8, 4) is 6.07 Å². The Labute approximate surface area is 115 Å². The zero-order valence-electron chi connectivity index (χ0n) is 10.8. The van der Waals surface area contributed by atoms with E-state index in [9.17, 15) is 14.0 Å². The second-order valence-corrected chi connectivity index (χ2v) is 4.08. The molecule has 7 heteroatoms. The number of hydrogen-bond donors (Lipinski definition) is 3. The fraction of sp³-hybridized carbons (Fsp3) is 0.308. The van der Waals surface area contributed by atoms with Gasteiger partial charge in [-0.1, -0.05) is 13.3 Å². The lowest BCUT2D eigenvalue weighted by atomic mass is 10.2. The van der Waals surface area contributed by atoms with Crippen LogP contribution in [0.3, 0.4) is 0 Å². The number of carboxylic acid groups (broad SMARTS) is 1. The fourth-order valence-electron chi connectivity index (χ4n) is 1.55. The van der Waals surface area contributed by atoms with Gasteiger partial charge in [-0.2, -0.15) is 5.26 Å². The van der Waals surface area contributed by atoms with Gasteiger partial charge in [-0.25, -0.2) is 14.0 Å². The summed E-state index contributed by atoms with van der Waals surface area (Å²) < 4.78 is 13.5. The Morgan fingerprint density at radius 2 is 2.20 bits per heavy atom. The van der Waals surface area contributed by atoms with Crippen LogP contribution in [0.25, 0.3) is 0 Å². The molecule has 2 amide bonds. The van der Waals surface area contributed by atoms with Crippen LogP contribution in [0.15, 0.2) is 18.2 Å². The quantitative estimate of drug-likeness (QED) is 0.767. The number of carbonyl (C=O) groups is 2. The van der Waals surface area contributed by atoms with Gasteiger partial charge in [0.05, 0.1) is 17.3 Å². The van der Waals surface area contributed by atoms with Gasteiger partial charge >= 0.3 is 12.0 Å². The van der Waals surface area contributed by atoms with Crippen LogP contribution in [0, 0.1) is 17.1 Å². The minimum absolute atomic E-state index is 0.123. The molecule has 0 saturated heterocycles. The summed E-state index contributed by atoms with van der Waals surface area (Å²) in [6, 6.07) is 3.50. The summed E-state index contributed by atoms with van der Waals surface area (Å²) in [6.45, 7) is 1.79. The second kappa shape index (κ2) is 7.09. The largest absolute Gasteiger partial charge is 0.480 e. The van der Waals surface area contributed by atoms with Gasteiger partial charge in [0.2, 0.25) is 0 Å². The molecular formula is C13H14FN3O3. The van der Waals surface area contributed by atoms with Gasteiger partial charge in [0, 0.05) is 0 Å². The van der Waals surface area contributed by atoms with Gasteiger partial charge in [-0.05, 0) is 24.6 Å². The monoisotopic (exact) mass is 279 g/mol. The lowest BCUT2D eigenvalue weighted by molar-refractivity contribution is -0.139. The van der Waals surface area contributed by atoms with Gasteiger partial charge < -0.3 is 15.7 Å². The molecule has 0 spiro atoms. The number of anilines is 1. The zero-order chi connectivity index (χ0) is 15.1. The average Bonchev–Trinajstić information content (AvgIpc) is 2.40. The number of nitrogens with one attached hydrogen (secondary N) is 2. The number of carboxylic acids is 1. The molecule has 0 aromatic heterocycles. The smallest absolute Gasteiger partial charge is 0.326 e. The van der Waals surface area contributed by atoms with E-state index in [0.29, 0.717) is 6.42 Å². The Balaban J connectivity index is 2.71. The SMILES string of the molecule is CCC[C@H](NC(=O)Nc1ccc(C#N)cc1F)C(=O)O.